The van der Waals surface area contributed by atoms with Gasteiger partial charge in [0.2, 0.25) is 5.95 Å². The maximum Gasteiger partial charge on any atom is 0.267 e. The molecule has 5 nitrogen and oxygen atoms in total. The number of nitrogens with one attached hydrogen (secondary N) is 1. The summed E-state index contributed by atoms with van der Waals surface area (Å²) in [5.74, 6) is 0.367. The van der Waals surface area contributed by atoms with Crippen LogP contribution in [-0.2, 0) is 0 Å². The Morgan fingerprint density at radius 1 is 1.00 bits per heavy atom. The van der Waals surface area contributed by atoms with Gasteiger partial charge in [0, 0.05) is 4.47 Å². The highest BCUT2D eigenvalue weighted by molar-refractivity contribution is 9.10. The number of anilines is 1. The topological polar surface area (TPSA) is 59.3 Å². The van der Waals surface area contributed by atoms with Gasteiger partial charge in [-0.3, -0.25) is 4.79 Å². The lowest BCUT2D eigenvalue weighted by atomic mass is 10.2. The molecule has 0 radical (unpaired) electrons. The zero-order chi connectivity index (χ0) is 19.5. The number of nitrogens with zero attached hydrogens (tertiary/aromatic N) is 3. The zero-order valence-electron chi connectivity index (χ0n) is 15.1. The summed E-state index contributed by atoms with van der Waals surface area (Å²) < 4.78 is 2.57. The summed E-state index contributed by atoms with van der Waals surface area (Å²) in [6.07, 6.45) is 1.69. The molecule has 0 bridgehead atoms. The normalized spacial score (nSPS) is 11.2. The van der Waals surface area contributed by atoms with E-state index in [0.717, 1.165) is 21.3 Å². The molecule has 0 unspecified atom stereocenters. The molecule has 1 heterocycles. The summed E-state index contributed by atoms with van der Waals surface area (Å²) in [4.78, 5) is 17.8. The van der Waals surface area contributed by atoms with Crippen LogP contribution in [0.2, 0.25) is 0 Å². The van der Waals surface area contributed by atoms with Crippen LogP contribution in [0.5, 0.6) is 0 Å². The first-order chi connectivity index (χ1) is 13.6. The SMILES string of the molecule is Cc1ccccc1-n1c(N/N=C\c2ccc(Br)cc2)nc2ccccc2c1=O. The van der Waals surface area contributed by atoms with Crippen molar-refractivity contribution in [1.29, 1.82) is 0 Å². The summed E-state index contributed by atoms with van der Waals surface area (Å²) >= 11 is 3.42. The molecule has 6 heteroatoms. The fourth-order valence-electron chi connectivity index (χ4n) is 2.96. The summed E-state index contributed by atoms with van der Waals surface area (Å²) in [5, 5.41) is 4.86. The van der Waals surface area contributed by atoms with E-state index in [1.807, 2.05) is 73.7 Å². The molecule has 4 rings (SSSR count). The number of fused-ring (bicyclic) bond motifs is 1. The van der Waals surface area contributed by atoms with Gasteiger partial charge in [0.25, 0.3) is 5.56 Å². The molecule has 0 saturated carbocycles. The molecular formula is C22H17BrN4O. The molecule has 0 atom stereocenters. The minimum absolute atomic E-state index is 0.138. The van der Waals surface area contributed by atoms with Gasteiger partial charge < -0.3 is 0 Å². The van der Waals surface area contributed by atoms with Crippen molar-refractivity contribution in [3.05, 3.63) is 98.7 Å². The summed E-state index contributed by atoms with van der Waals surface area (Å²) in [6.45, 7) is 1.96. The Balaban J connectivity index is 1.82. The van der Waals surface area contributed by atoms with E-state index >= 15 is 0 Å². The van der Waals surface area contributed by atoms with Gasteiger partial charge >= 0.3 is 0 Å². The van der Waals surface area contributed by atoms with E-state index in [4.69, 9.17) is 0 Å². The van der Waals surface area contributed by atoms with E-state index in [-0.39, 0.29) is 5.56 Å². The summed E-state index contributed by atoms with van der Waals surface area (Å²) in [6, 6.07) is 22.8. The van der Waals surface area contributed by atoms with Gasteiger partial charge in [-0.05, 0) is 48.4 Å². The lowest BCUT2D eigenvalue weighted by Crippen LogP contribution is -2.23. The second-order valence-electron chi connectivity index (χ2n) is 6.30. The lowest BCUT2D eigenvalue weighted by Gasteiger charge is -2.14. The molecule has 0 amide bonds. The lowest BCUT2D eigenvalue weighted by molar-refractivity contribution is 0.947. The highest BCUT2D eigenvalue weighted by Gasteiger charge is 2.13. The van der Waals surface area contributed by atoms with Crippen molar-refractivity contribution in [3.8, 4) is 5.69 Å². The summed E-state index contributed by atoms with van der Waals surface area (Å²) in [7, 11) is 0. The first-order valence-electron chi connectivity index (χ1n) is 8.76. The number of aromatic nitrogens is 2. The van der Waals surface area contributed by atoms with E-state index in [1.54, 1.807) is 16.8 Å². The molecule has 1 N–H and O–H groups in total. The molecule has 0 saturated heterocycles. The standard InChI is InChI=1S/C22H17BrN4O/c1-15-6-2-5-9-20(15)27-21(28)18-7-3-4-8-19(18)25-22(27)26-24-14-16-10-12-17(23)13-11-16/h2-14H,1H3,(H,25,26)/b24-14-. The average molecular weight is 433 g/mol. The third-order valence-electron chi connectivity index (χ3n) is 4.38. The van der Waals surface area contributed by atoms with Crippen molar-refractivity contribution in [1.82, 2.24) is 9.55 Å². The van der Waals surface area contributed by atoms with Crippen LogP contribution in [0.3, 0.4) is 0 Å². The molecule has 0 aliphatic carbocycles. The van der Waals surface area contributed by atoms with Gasteiger partial charge in [0.15, 0.2) is 0 Å². The van der Waals surface area contributed by atoms with Crippen molar-refractivity contribution in [2.24, 2.45) is 5.10 Å². The number of halogens is 1. The van der Waals surface area contributed by atoms with E-state index < -0.39 is 0 Å². The average Bonchev–Trinajstić information content (AvgIpc) is 2.71. The van der Waals surface area contributed by atoms with Crippen molar-refractivity contribution in [3.63, 3.8) is 0 Å². The van der Waals surface area contributed by atoms with Crippen LogP contribution < -0.4 is 11.0 Å². The minimum atomic E-state index is -0.138. The van der Waals surface area contributed by atoms with Gasteiger partial charge in [-0.25, -0.2) is 15.0 Å². The maximum atomic E-state index is 13.2. The second kappa shape index (κ2) is 7.78. The second-order valence-corrected chi connectivity index (χ2v) is 7.22. The number of rotatable bonds is 4. The first-order valence-corrected chi connectivity index (χ1v) is 9.55. The van der Waals surface area contributed by atoms with Crippen molar-refractivity contribution < 1.29 is 0 Å². The molecule has 28 heavy (non-hydrogen) atoms. The van der Waals surface area contributed by atoms with Crippen molar-refractivity contribution in [2.45, 2.75) is 6.92 Å². The number of hydrogen-bond acceptors (Lipinski definition) is 4. The molecule has 0 spiro atoms. The first kappa shape index (κ1) is 18.1. The third kappa shape index (κ3) is 3.59. The molecule has 0 aliphatic heterocycles. The fourth-order valence-corrected chi connectivity index (χ4v) is 3.22. The van der Waals surface area contributed by atoms with Crippen LogP contribution in [0, 0.1) is 6.92 Å². The maximum absolute atomic E-state index is 13.2. The highest BCUT2D eigenvalue weighted by atomic mass is 79.9. The molecule has 0 aliphatic rings. The molecule has 138 valence electrons. The van der Waals surface area contributed by atoms with Gasteiger partial charge in [0.1, 0.15) is 0 Å². The predicted molar refractivity (Wildman–Crippen MR) is 117 cm³/mol. The van der Waals surface area contributed by atoms with Gasteiger partial charge in [-0.1, -0.05) is 58.4 Å². The Morgan fingerprint density at radius 2 is 1.71 bits per heavy atom. The monoisotopic (exact) mass is 432 g/mol. The Morgan fingerprint density at radius 3 is 2.50 bits per heavy atom. The third-order valence-corrected chi connectivity index (χ3v) is 4.91. The Labute approximate surface area is 170 Å². The van der Waals surface area contributed by atoms with Crippen LogP contribution in [0.15, 0.2) is 87.2 Å². The van der Waals surface area contributed by atoms with Crippen LogP contribution in [0.1, 0.15) is 11.1 Å². The van der Waals surface area contributed by atoms with Gasteiger partial charge in [-0.2, -0.15) is 5.10 Å². The smallest absolute Gasteiger partial charge is 0.267 e. The number of hydrazone groups is 1. The van der Waals surface area contributed by atoms with Crippen LogP contribution in [0.4, 0.5) is 5.95 Å². The number of benzene rings is 3. The molecule has 4 aromatic rings. The quantitative estimate of drug-likeness (QED) is 0.368. The number of hydrogen-bond donors (Lipinski definition) is 1. The highest BCUT2D eigenvalue weighted by Crippen LogP contribution is 2.19. The van der Waals surface area contributed by atoms with Gasteiger partial charge in [0.05, 0.1) is 22.8 Å². The van der Waals surface area contributed by atoms with E-state index in [1.165, 1.54) is 0 Å². The van der Waals surface area contributed by atoms with E-state index in [0.29, 0.717) is 16.9 Å². The van der Waals surface area contributed by atoms with Crippen molar-refractivity contribution in [2.75, 3.05) is 5.43 Å². The van der Waals surface area contributed by atoms with Crippen LogP contribution in [-0.4, -0.2) is 15.8 Å². The zero-order valence-corrected chi connectivity index (χ0v) is 16.7. The molecular weight excluding hydrogens is 416 g/mol. The minimum Gasteiger partial charge on any atom is -0.268 e. The number of para-hydroxylation sites is 2. The van der Waals surface area contributed by atoms with Crippen LogP contribution >= 0.6 is 15.9 Å². The van der Waals surface area contributed by atoms with Crippen LogP contribution in [0.25, 0.3) is 16.6 Å². The van der Waals surface area contributed by atoms with E-state index in [9.17, 15) is 4.79 Å². The molecule has 1 aromatic heterocycles. The number of aryl methyl sites for hydroxylation is 1. The molecule has 3 aromatic carbocycles. The summed E-state index contributed by atoms with van der Waals surface area (Å²) in [5.41, 5.74) is 6.11. The largest absolute Gasteiger partial charge is 0.268 e. The predicted octanol–water partition coefficient (Wildman–Crippen LogP) is 4.90. The van der Waals surface area contributed by atoms with E-state index in [2.05, 4.69) is 31.4 Å². The Bertz CT molecular complexity index is 1230. The van der Waals surface area contributed by atoms with Crippen molar-refractivity contribution >= 4 is 39.0 Å². The fraction of sp³-hybridized carbons (Fsp3) is 0.0455. The Hall–Kier alpha value is -3.25. The van der Waals surface area contributed by atoms with Gasteiger partial charge in [-0.15, -0.1) is 0 Å². The molecule has 0 fully saturated rings. The Kier molecular flexibility index (Phi) is 5.04.